The molecule has 3 rings (SSSR count). The average molecular weight is 412 g/mol. The highest BCUT2D eigenvalue weighted by molar-refractivity contribution is 7.12. The molecule has 29 heavy (non-hydrogen) atoms. The summed E-state index contributed by atoms with van der Waals surface area (Å²) in [5.74, 6) is 0.622. The highest BCUT2D eigenvalue weighted by Crippen LogP contribution is 2.26. The highest BCUT2D eigenvalue weighted by Gasteiger charge is 2.21. The van der Waals surface area contributed by atoms with Crippen molar-refractivity contribution in [2.45, 2.75) is 26.4 Å². The Morgan fingerprint density at radius 3 is 2.55 bits per heavy atom. The quantitative estimate of drug-likeness (QED) is 0.588. The fourth-order valence-electron chi connectivity index (χ4n) is 3.03. The lowest BCUT2D eigenvalue weighted by Crippen LogP contribution is -2.30. The fourth-order valence-corrected chi connectivity index (χ4v) is 3.72. The predicted molar refractivity (Wildman–Crippen MR) is 116 cm³/mol. The van der Waals surface area contributed by atoms with E-state index in [0.717, 1.165) is 22.7 Å². The Hall–Kier alpha value is -3.06. The van der Waals surface area contributed by atoms with E-state index in [-0.39, 0.29) is 11.8 Å². The van der Waals surface area contributed by atoms with Gasteiger partial charge in [0.15, 0.2) is 0 Å². The van der Waals surface area contributed by atoms with Crippen LogP contribution < -0.4 is 10.2 Å². The zero-order valence-corrected chi connectivity index (χ0v) is 17.7. The Morgan fingerprint density at radius 1 is 1.10 bits per heavy atom. The van der Waals surface area contributed by atoms with Crippen LogP contribution >= 0.6 is 11.3 Å². The van der Waals surface area contributed by atoms with Crippen molar-refractivity contribution < 1.29 is 14.0 Å². The van der Waals surface area contributed by atoms with Crippen LogP contribution in [0.25, 0.3) is 0 Å². The fraction of sp³-hybridized carbons (Fsp3) is 0.273. The third kappa shape index (κ3) is 5.26. The number of hydrogen-bond donors (Lipinski definition) is 1. The van der Waals surface area contributed by atoms with E-state index in [4.69, 9.17) is 4.42 Å². The molecule has 0 atom stereocenters. The molecule has 7 heteroatoms. The van der Waals surface area contributed by atoms with Crippen molar-refractivity contribution in [2.24, 2.45) is 0 Å². The maximum Gasteiger partial charge on any atom is 0.264 e. The number of rotatable bonds is 8. The van der Waals surface area contributed by atoms with Crippen molar-refractivity contribution in [1.29, 1.82) is 0 Å². The van der Waals surface area contributed by atoms with Crippen LogP contribution in [0.15, 0.2) is 58.5 Å². The van der Waals surface area contributed by atoms with Gasteiger partial charge in [-0.15, -0.1) is 11.3 Å². The number of carbonyl (C=O) groups is 2. The minimum absolute atomic E-state index is 0.0457. The number of carbonyl (C=O) groups excluding carboxylic acids is 2. The first kappa shape index (κ1) is 20.7. The van der Waals surface area contributed by atoms with Gasteiger partial charge >= 0.3 is 0 Å². The second kappa shape index (κ2) is 9.43. The SMILES string of the molecule is CCC(=O)Nc1ccc(N(C)C)c(CN(Cc2ccco2)C(=O)c2cccs2)c1. The first-order chi connectivity index (χ1) is 14.0. The molecule has 2 amide bonds. The first-order valence-electron chi connectivity index (χ1n) is 9.43. The Morgan fingerprint density at radius 2 is 1.93 bits per heavy atom. The molecule has 0 fully saturated rings. The van der Waals surface area contributed by atoms with Crippen LogP contribution in [0, 0.1) is 0 Å². The number of nitrogens with one attached hydrogen (secondary N) is 1. The molecule has 0 bridgehead atoms. The maximum atomic E-state index is 13.1. The van der Waals surface area contributed by atoms with Gasteiger partial charge in [-0.05, 0) is 47.3 Å². The third-order valence-corrected chi connectivity index (χ3v) is 5.33. The zero-order chi connectivity index (χ0) is 20.8. The van der Waals surface area contributed by atoms with Crippen LogP contribution in [0.4, 0.5) is 11.4 Å². The molecule has 152 valence electrons. The predicted octanol–water partition coefficient (Wildman–Crippen LogP) is 4.60. The van der Waals surface area contributed by atoms with Crippen molar-refractivity contribution in [3.8, 4) is 0 Å². The van der Waals surface area contributed by atoms with E-state index >= 15 is 0 Å². The minimum Gasteiger partial charge on any atom is -0.467 e. The number of furan rings is 1. The molecule has 2 heterocycles. The Labute approximate surface area is 174 Å². The maximum absolute atomic E-state index is 13.1. The summed E-state index contributed by atoms with van der Waals surface area (Å²) >= 11 is 1.42. The lowest BCUT2D eigenvalue weighted by atomic mass is 10.1. The molecular weight excluding hydrogens is 386 g/mol. The molecule has 6 nitrogen and oxygen atoms in total. The lowest BCUT2D eigenvalue weighted by Gasteiger charge is -2.25. The van der Waals surface area contributed by atoms with Gasteiger partial charge in [0.25, 0.3) is 5.91 Å². The summed E-state index contributed by atoms with van der Waals surface area (Å²) in [6.45, 7) is 2.57. The second-order valence-corrected chi connectivity index (χ2v) is 7.81. The molecule has 0 radical (unpaired) electrons. The van der Waals surface area contributed by atoms with Crippen molar-refractivity contribution in [3.05, 3.63) is 70.3 Å². The topological polar surface area (TPSA) is 65.8 Å². The molecule has 0 aliphatic rings. The number of benzene rings is 1. The molecule has 1 aromatic carbocycles. The molecular formula is C22H25N3O3S. The zero-order valence-electron chi connectivity index (χ0n) is 16.8. The van der Waals surface area contributed by atoms with Crippen LogP contribution in [-0.4, -0.2) is 30.8 Å². The van der Waals surface area contributed by atoms with Crippen LogP contribution in [-0.2, 0) is 17.9 Å². The summed E-state index contributed by atoms with van der Waals surface area (Å²) in [7, 11) is 3.92. The van der Waals surface area contributed by atoms with Crippen molar-refractivity contribution >= 4 is 34.5 Å². The largest absolute Gasteiger partial charge is 0.467 e. The number of thiophene rings is 1. The Kier molecular flexibility index (Phi) is 6.72. The van der Waals surface area contributed by atoms with E-state index in [1.54, 1.807) is 11.2 Å². The number of hydrogen-bond acceptors (Lipinski definition) is 5. The second-order valence-electron chi connectivity index (χ2n) is 6.86. The van der Waals surface area contributed by atoms with Gasteiger partial charge in [0, 0.05) is 38.4 Å². The molecule has 0 saturated carbocycles. The molecule has 0 saturated heterocycles. The number of amides is 2. The normalized spacial score (nSPS) is 10.6. The van der Waals surface area contributed by atoms with Gasteiger partial charge in [0.1, 0.15) is 5.76 Å². The van der Waals surface area contributed by atoms with Crippen LogP contribution in [0.2, 0.25) is 0 Å². The van der Waals surface area contributed by atoms with E-state index in [0.29, 0.717) is 24.4 Å². The van der Waals surface area contributed by atoms with E-state index in [2.05, 4.69) is 5.32 Å². The third-order valence-electron chi connectivity index (χ3n) is 4.47. The highest BCUT2D eigenvalue weighted by atomic mass is 32.1. The molecule has 0 aliphatic carbocycles. The van der Waals surface area contributed by atoms with Crippen LogP contribution in [0.5, 0.6) is 0 Å². The number of nitrogens with zero attached hydrogens (tertiary/aromatic N) is 2. The van der Waals surface area contributed by atoms with Gasteiger partial charge in [-0.25, -0.2) is 0 Å². The molecule has 2 aromatic heterocycles. The average Bonchev–Trinajstić information content (AvgIpc) is 3.41. The van der Waals surface area contributed by atoms with Gasteiger partial charge in [-0.1, -0.05) is 13.0 Å². The van der Waals surface area contributed by atoms with Crippen molar-refractivity contribution in [3.63, 3.8) is 0 Å². The standard InChI is InChI=1S/C22H25N3O3S/c1-4-21(26)23-17-9-10-19(24(2)3)16(13-17)14-25(15-18-7-5-11-28-18)22(27)20-8-6-12-29-20/h5-13H,4,14-15H2,1-3H3,(H,23,26). The van der Waals surface area contributed by atoms with Crippen LogP contribution in [0.3, 0.4) is 0 Å². The first-order valence-corrected chi connectivity index (χ1v) is 10.3. The molecule has 1 N–H and O–H groups in total. The van der Waals surface area contributed by atoms with Gasteiger partial charge in [-0.2, -0.15) is 0 Å². The molecule has 0 spiro atoms. The molecule has 0 unspecified atom stereocenters. The number of anilines is 2. The van der Waals surface area contributed by atoms with Gasteiger partial charge in [0.2, 0.25) is 5.91 Å². The smallest absolute Gasteiger partial charge is 0.264 e. The lowest BCUT2D eigenvalue weighted by molar-refractivity contribution is -0.115. The van der Waals surface area contributed by atoms with Gasteiger partial charge < -0.3 is 19.5 Å². The van der Waals surface area contributed by atoms with E-state index in [1.165, 1.54) is 11.3 Å². The minimum atomic E-state index is -0.0518. The summed E-state index contributed by atoms with van der Waals surface area (Å²) in [6, 6.07) is 13.1. The summed E-state index contributed by atoms with van der Waals surface area (Å²) in [5.41, 5.74) is 2.65. The monoisotopic (exact) mass is 411 g/mol. The van der Waals surface area contributed by atoms with E-state index in [9.17, 15) is 9.59 Å². The Balaban J connectivity index is 1.93. The molecule has 3 aromatic rings. The van der Waals surface area contributed by atoms with Crippen LogP contribution in [0.1, 0.15) is 34.3 Å². The van der Waals surface area contributed by atoms with Crippen molar-refractivity contribution in [1.82, 2.24) is 4.90 Å². The van der Waals surface area contributed by atoms with Gasteiger partial charge in [-0.3, -0.25) is 9.59 Å². The van der Waals surface area contributed by atoms with Gasteiger partial charge in [0.05, 0.1) is 17.7 Å². The summed E-state index contributed by atoms with van der Waals surface area (Å²) < 4.78 is 5.48. The summed E-state index contributed by atoms with van der Waals surface area (Å²) in [5, 5.41) is 4.79. The summed E-state index contributed by atoms with van der Waals surface area (Å²) in [6.07, 6.45) is 2.02. The van der Waals surface area contributed by atoms with E-state index in [1.807, 2.05) is 73.8 Å². The van der Waals surface area contributed by atoms with Crippen molar-refractivity contribution in [2.75, 3.05) is 24.3 Å². The summed E-state index contributed by atoms with van der Waals surface area (Å²) in [4.78, 5) is 29.4. The molecule has 0 aliphatic heterocycles. The van der Waals surface area contributed by atoms with E-state index < -0.39 is 0 Å². The Bertz CT molecular complexity index is 950.